The summed E-state index contributed by atoms with van der Waals surface area (Å²) in [7, 11) is 0. The first-order valence-corrected chi connectivity index (χ1v) is 4.99. The Morgan fingerprint density at radius 3 is 2.58 bits per heavy atom. The molecule has 1 atom stereocenters. The number of carbonyl (C=O) groups is 1. The van der Waals surface area contributed by atoms with Crippen molar-refractivity contribution in [2.24, 2.45) is 5.92 Å². The summed E-state index contributed by atoms with van der Waals surface area (Å²) in [5, 5.41) is 19.3. The van der Waals surface area contributed by atoms with Gasteiger partial charge in [0.1, 0.15) is 17.4 Å². The van der Waals surface area contributed by atoms with Crippen molar-refractivity contribution in [3.63, 3.8) is 0 Å². The van der Waals surface area contributed by atoms with Gasteiger partial charge >= 0.3 is 12.1 Å². The number of carboxylic acids is 1. The molecule has 0 saturated carbocycles. The topological polar surface area (TPSA) is 73.1 Å². The molecule has 0 bridgehead atoms. The van der Waals surface area contributed by atoms with E-state index in [1.54, 1.807) is 0 Å². The maximum Gasteiger partial charge on any atom is 0.403 e. The number of benzene rings is 1. The fourth-order valence-corrected chi connectivity index (χ4v) is 1.34. The molecule has 1 aromatic carbocycles. The smallest absolute Gasteiger partial charge is 0.403 e. The molecule has 2 N–H and O–H groups in total. The lowest BCUT2D eigenvalue weighted by molar-refractivity contribution is -0.190. The van der Waals surface area contributed by atoms with Gasteiger partial charge in [0, 0.05) is 6.54 Å². The van der Waals surface area contributed by atoms with Gasteiger partial charge < -0.3 is 10.4 Å². The molecule has 102 valence electrons. The minimum Gasteiger partial charge on any atom is -0.481 e. The Bertz CT molecular complexity index is 522. The van der Waals surface area contributed by atoms with Crippen molar-refractivity contribution in [1.29, 1.82) is 5.26 Å². The van der Waals surface area contributed by atoms with Crippen LogP contribution in [0.5, 0.6) is 0 Å². The Morgan fingerprint density at radius 2 is 2.11 bits per heavy atom. The fourth-order valence-electron chi connectivity index (χ4n) is 1.34. The lowest BCUT2D eigenvalue weighted by Crippen LogP contribution is -2.36. The number of hydrogen-bond donors (Lipinski definition) is 2. The molecule has 19 heavy (non-hydrogen) atoms. The van der Waals surface area contributed by atoms with E-state index in [4.69, 9.17) is 10.4 Å². The third-order valence-electron chi connectivity index (χ3n) is 2.32. The Labute approximate surface area is 105 Å². The second-order valence-corrected chi connectivity index (χ2v) is 3.59. The van der Waals surface area contributed by atoms with Gasteiger partial charge in [0.25, 0.3) is 0 Å². The second kappa shape index (κ2) is 5.56. The van der Waals surface area contributed by atoms with Gasteiger partial charge in [0.15, 0.2) is 5.92 Å². The highest BCUT2D eigenvalue weighted by Crippen LogP contribution is 2.27. The normalized spacial score (nSPS) is 12.6. The molecule has 0 saturated heterocycles. The first-order valence-electron chi connectivity index (χ1n) is 4.99. The molecule has 1 aromatic rings. The lowest BCUT2D eigenvalue weighted by atomic mass is 10.1. The molecular formula is C11H8F4N2O2. The van der Waals surface area contributed by atoms with Crippen LogP contribution in [0.15, 0.2) is 18.2 Å². The lowest BCUT2D eigenvalue weighted by Gasteiger charge is -2.17. The van der Waals surface area contributed by atoms with Crippen LogP contribution in [0.1, 0.15) is 5.56 Å². The number of carboxylic acid groups (broad SMARTS) is 1. The van der Waals surface area contributed by atoms with E-state index in [1.807, 2.05) is 0 Å². The molecule has 1 unspecified atom stereocenters. The maximum absolute atomic E-state index is 13.2. The third-order valence-corrected chi connectivity index (χ3v) is 2.32. The van der Waals surface area contributed by atoms with E-state index < -0.39 is 36.0 Å². The third kappa shape index (κ3) is 3.58. The van der Waals surface area contributed by atoms with Gasteiger partial charge in [-0.2, -0.15) is 18.4 Å². The van der Waals surface area contributed by atoms with Gasteiger partial charge in [0.05, 0.1) is 5.69 Å². The van der Waals surface area contributed by atoms with Crippen LogP contribution in [0.2, 0.25) is 0 Å². The number of anilines is 1. The summed E-state index contributed by atoms with van der Waals surface area (Å²) < 4.78 is 50.3. The van der Waals surface area contributed by atoms with Crippen LogP contribution in [0.25, 0.3) is 0 Å². The average molecular weight is 276 g/mol. The highest BCUT2D eigenvalue weighted by molar-refractivity contribution is 5.72. The van der Waals surface area contributed by atoms with Crippen molar-refractivity contribution in [2.45, 2.75) is 6.18 Å². The van der Waals surface area contributed by atoms with Gasteiger partial charge in [-0.3, -0.25) is 4.79 Å². The molecule has 0 aliphatic heterocycles. The molecule has 0 radical (unpaired) electrons. The van der Waals surface area contributed by atoms with Crippen LogP contribution in [-0.4, -0.2) is 23.8 Å². The summed E-state index contributed by atoms with van der Waals surface area (Å²) in [5.41, 5.74) is -0.646. The van der Waals surface area contributed by atoms with E-state index in [9.17, 15) is 22.4 Å². The number of nitrogens with zero attached hydrogens (tertiary/aromatic N) is 1. The molecule has 0 heterocycles. The summed E-state index contributed by atoms with van der Waals surface area (Å²) >= 11 is 0. The predicted molar refractivity (Wildman–Crippen MR) is 56.8 cm³/mol. The Morgan fingerprint density at radius 1 is 1.47 bits per heavy atom. The van der Waals surface area contributed by atoms with Gasteiger partial charge in [0.2, 0.25) is 0 Å². The molecule has 0 spiro atoms. The van der Waals surface area contributed by atoms with E-state index in [0.29, 0.717) is 0 Å². The zero-order valence-electron chi connectivity index (χ0n) is 9.33. The Balaban J connectivity index is 2.90. The van der Waals surface area contributed by atoms with Gasteiger partial charge in [-0.25, -0.2) is 4.39 Å². The van der Waals surface area contributed by atoms with Crippen LogP contribution >= 0.6 is 0 Å². The Hall–Kier alpha value is -2.30. The van der Waals surface area contributed by atoms with Crippen molar-refractivity contribution in [3.8, 4) is 6.07 Å². The zero-order valence-corrected chi connectivity index (χ0v) is 9.33. The Kier molecular flexibility index (Phi) is 4.32. The largest absolute Gasteiger partial charge is 0.481 e. The van der Waals surface area contributed by atoms with Crippen LogP contribution in [0, 0.1) is 23.1 Å². The number of nitriles is 1. The quantitative estimate of drug-likeness (QED) is 0.828. The van der Waals surface area contributed by atoms with E-state index in [0.717, 1.165) is 6.07 Å². The summed E-state index contributed by atoms with van der Waals surface area (Å²) in [4.78, 5) is 10.5. The van der Waals surface area contributed by atoms with Crippen molar-refractivity contribution < 1.29 is 27.5 Å². The van der Waals surface area contributed by atoms with Crippen LogP contribution in [-0.2, 0) is 4.79 Å². The molecular weight excluding hydrogens is 268 g/mol. The van der Waals surface area contributed by atoms with Crippen molar-refractivity contribution in [1.82, 2.24) is 0 Å². The van der Waals surface area contributed by atoms with Crippen molar-refractivity contribution >= 4 is 11.7 Å². The summed E-state index contributed by atoms with van der Waals surface area (Å²) in [6, 6.07) is 4.85. The van der Waals surface area contributed by atoms with E-state index >= 15 is 0 Å². The SMILES string of the molecule is N#Cc1c(F)cccc1NCC(C(=O)O)C(F)(F)F. The second-order valence-electron chi connectivity index (χ2n) is 3.59. The fraction of sp³-hybridized carbons (Fsp3) is 0.273. The molecule has 0 aliphatic carbocycles. The van der Waals surface area contributed by atoms with Gasteiger partial charge in [-0.05, 0) is 12.1 Å². The molecule has 0 aromatic heterocycles. The molecule has 0 aliphatic rings. The van der Waals surface area contributed by atoms with Crippen LogP contribution in [0.4, 0.5) is 23.2 Å². The molecule has 8 heteroatoms. The minimum absolute atomic E-state index is 0.182. The molecule has 4 nitrogen and oxygen atoms in total. The summed E-state index contributed by atoms with van der Waals surface area (Å²) in [5.74, 6) is -5.58. The number of nitrogens with one attached hydrogen (secondary N) is 1. The minimum atomic E-state index is -4.93. The van der Waals surface area contributed by atoms with E-state index in [1.165, 1.54) is 18.2 Å². The standard InChI is InChI=1S/C11H8F4N2O2/c12-8-2-1-3-9(6(8)4-16)17-5-7(10(18)19)11(13,14)15/h1-3,7,17H,5H2,(H,18,19). The first-order chi connectivity index (χ1) is 8.77. The number of hydrogen-bond acceptors (Lipinski definition) is 3. The highest BCUT2D eigenvalue weighted by Gasteiger charge is 2.44. The number of alkyl halides is 3. The van der Waals surface area contributed by atoms with Crippen molar-refractivity contribution in [2.75, 3.05) is 11.9 Å². The number of rotatable bonds is 4. The monoisotopic (exact) mass is 276 g/mol. The van der Waals surface area contributed by atoms with Crippen LogP contribution in [0.3, 0.4) is 0 Å². The molecule has 1 rings (SSSR count). The van der Waals surface area contributed by atoms with E-state index in [2.05, 4.69) is 5.32 Å². The number of aliphatic carboxylic acids is 1. The predicted octanol–water partition coefficient (Wildman–Crippen LogP) is 2.37. The average Bonchev–Trinajstić information content (AvgIpc) is 2.27. The van der Waals surface area contributed by atoms with Crippen LogP contribution < -0.4 is 5.32 Å². The van der Waals surface area contributed by atoms with Gasteiger partial charge in [-0.1, -0.05) is 6.07 Å². The van der Waals surface area contributed by atoms with Crippen molar-refractivity contribution in [3.05, 3.63) is 29.6 Å². The number of halogens is 4. The zero-order chi connectivity index (χ0) is 14.6. The maximum atomic E-state index is 13.2. The molecule has 0 fully saturated rings. The summed E-state index contributed by atoms with van der Waals surface area (Å²) in [6.45, 7) is -0.989. The first kappa shape index (κ1) is 14.8. The summed E-state index contributed by atoms with van der Waals surface area (Å²) in [6.07, 6.45) is -4.93. The van der Waals surface area contributed by atoms with E-state index in [-0.39, 0.29) is 5.69 Å². The highest BCUT2D eigenvalue weighted by atomic mass is 19.4. The molecule has 0 amide bonds. The van der Waals surface area contributed by atoms with Gasteiger partial charge in [-0.15, -0.1) is 0 Å².